The number of carboxylic acid groups (broad SMARTS) is 1. The number of benzene rings is 2. The lowest BCUT2D eigenvalue weighted by molar-refractivity contribution is -0.139. The molecule has 0 aliphatic heterocycles. The molecule has 0 bridgehead atoms. The van der Waals surface area contributed by atoms with Crippen LogP contribution in [0.3, 0.4) is 0 Å². The molecule has 0 aliphatic rings. The SMILES string of the molecule is CCCOc1ccc2ccccc2c1CC(NC(=O)OC(C)(C)C)C(=O)O. The van der Waals surface area contributed by atoms with Crippen molar-refractivity contribution in [2.24, 2.45) is 0 Å². The standard InChI is InChI=1S/C21H27NO5/c1-5-12-26-18-11-10-14-8-6-7-9-15(14)16(18)13-17(19(23)24)22-20(25)27-21(2,3)4/h6-11,17H,5,12-13H2,1-4H3,(H,22,25)(H,23,24). The predicted octanol–water partition coefficient (Wildman–Crippen LogP) is 4.15. The summed E-state index contributed by atoms with van der Waals surface area (Å²) in [6, 6.07) is 10.4. The molecule has 146 valence electrons. The van der Waals surface area contributed by atoms with Crippen molar-refractivity contribution in [3.8, 4) is 5.75 Å². The topological polar surface area (TPSA) is 84.9 Å². The van der Waals surface area contributed by atoms with Crippen molar-refractivity contribution in [3.05, 3.63) is 42.0 Å². The first-order valence-electron chi connectivity index (χ1n) is 9.07. The second kappa shape index (κ2) is 8.75. The number of hydrogen-bond donors (Lipinski definition) is 2. The maximum absolute atomic E-state index is 12.1. The van der Waals surface area contributed by atoms with Crippen molar-refractivity contribution in [2.75, 3.05) is 6.61 Å². The number of carboxylic acids is 1. The van der Waals surface area contributed by atoms with E-state index in [2.05, 4.69) is 5.32 Å². The molecule has 0 spiro atoms. The fourth-order valence-electron chi connectivity index (χ4n) is 2.73. The highest BCUT2D eigenvalue weighted by Crippen LogP contribution is 2.29. The molecule has 0 aromatic heterocycles. The Morgan fingerprint density at radius 3 is 2.48 bits per heavy atom. The number of alkyl carbamates (subject to hydrolysis) is 1. The third kappa shape index (κ3) is 5.88. The lowest BCUT2D eigenvalue weighted by Gasteiger charge is -2.23. The Morgan fingerprint density at radius 1 is 1.15 bits per heavy atom. The van der Waals surface area contributed by atoms with Crippen molar-refractivity contribution in [1.29, 1.82) is 0 Å². The zero-order chi connectivity index (χ0) is 20.0. The van der Waals surface area contributed by atoms with E-state index in [0.29, 0.717) is 12.4 Å². The van der Waals surface area contributed by atoms with Gasteiger partial charge in [-0.1, -0.05) is 37.3 Å². The van der Waals surface area contributed by atoms with Gasteiger partial charge in [0.05, 0.1) is 6.61 Å². The van der Waals surface area contributed by atoms with E-state index in [1.165, 1.54) is 0 Å². The molecule has 2 aromatic rings. The smallest absolute Gasteiger partial charge is 0.408 e. The average Bonchev–Trinajstić information content (AvgIpc) is 2.58. The molecule has 2 aromatic carbocycles. The van der Waals surface area contributed by atoms with Gasteiger partial charge < -0.3 is 19.9 Å². The number of carbonyl (C=O) groups is 2. The molecule has 0 aliphatic carbocycles. The first-order chi connectivity index (χ1) is 12.7. The van der Waals surface area contributed by atoms with Gasteiger partial charge in [0.25, 0.3) is 0 Å². The highest BCUT2D eigenvalue weighted by atomic mass is 16.6. The summed E-state index contributed by atoms with van der Waals surface area (Å²) in [7, 11) is 0. The maximum Gasteiger partial charge on any atom is 0.408 e. The van der Waals surface area contributed by atoms with Gasteiger partial charge >= 0.3 is 12.1 Å². The lowest BCUT2D eigenvalue weighted by Crippen LogP contribution is -2.44. The summed E-state index contributed by atoms with van der Waals surface area (Å²) in [6.45, 7) is 7.71. The largest absolute Gasteiger partial charge is 0.493 e. The number of nitrogens with one attached hydrogen (secondary N) is 1. The number of carbonyl (C=O) groups excluding carboxylic acids is 1. The minimum atomic E-state index is -1.13. The Morgan fingerprint density at radius 2 is 1.85 bits per heavy atom. The van der Waals surface area contributed by atoms with Gasteiger partial charge in [0.1, 0.15) is 17.4 Å². The fourth-order valence-corrected chi connectivity index (χ4v) is 2.73. The third-order valence-electron chi connectivity index (χ3n) is 3.86. The van der Waals surface area contributed by atoms with Gasteiger partial charge in [-0.05, 0) is 44.0 Å². The Labute approximate surface area is 159 Å². The van der Waals surface area contributed by atoms with Gasteiger partial charge in [-0.15, -0.1) is 0 Å². The summed E-state index contributed by atoms with van der Waals surface area (Å²) < 4.78 is 11.0. The first kappa shape index (κ1) is 20.6. The van der Waals surface area contributed by atoms with Crippen LogP contribution in [0.4, 0.5) is 4.79 Å². The van der Waals surface area contributed by atoms with E-state index in [1.807, 2.05) is 43.3 Å². The minimum Gasteiger partial charge on any atom is -0.493 e. The lowest BCUT2D eigenvalue weighted by atomic mass is 9.97. The number of ether oxygens (including phenoxy) is 2. The maximum atomic E-state index is 12.1. The number of fused-ring (bicyclic) bond motifs is 1. The van der Waals surface area contributed by atoms with Crippen LogP contribution in [0.25, 0.3) is 10.8 Å². The van der Waals surface area contributed by atoms with E-state index in [0.717, 1.165) is 22.8 Å². The third-order valence-corrected chi connectivity index (χ3v) is 3.86. The van der Waals surface area contributed by atoms with Crippen LogP contribution in [0.5, 0.6) is 5.75 Å². The number of aliphatic carboxylic acids is 1. The van der Waals surface area contributed by atoms with Crippen molar-refractivity contribution in [3.63, 3.8) is 0 Å². The summed E-state index contributed by atoms with van der Waals surface area (Å²) in [5.74, 6) is -0.497. The van der Waals surface area contributed by atoms with Crippen LogP contribution in [0, 0.1) is 0 Å². The normalized spacial score (nSPS) is 12.4. The van der Waals surface area contributed by atoms with Gasteiger partial charge in [-0.3, -0.25) is 0 Å². The van der Waals surface area contributed by atoms with Crippen LogP contribution >= 0.6 is 0 Å². The Kier molecular flexibility index (Phi) is 6.66. The Bertz CT molecular complexity index is 810. The number of rotatable bonds is 7. The fraction of sp³-hybridized carbons (Fsp3) is 0.429. The molecule has 1 atom stereocenters. The highest BCUT2D eigenvalue weighted by molar-refractivity contribution is 5.89. The summed E-state index contributed by atoms with van der Waals surface area (Å²) in [5, 5.41) is 14.0. The molecule has 0 saturated carbocycles. The second-order valence-electron chi connectivity index (χ2n) is 7.35. The van der Waals surface area contributed by atoms with Gasteiger partial charge in [0, 0.05) is 12.0 Å². The average molecular weight is 373 g/mol. The molecule has 1 unspecified atom stereocenters. The van der Waals surface area contributed by atoms with Crippen molar-refractivity contribution < 1.29 is 24.2 Å². The molecule has 0 radical (unpaired) electrons. The van der Waals surface area contributed by atoms with Gasteiger partial charge in [-0.25, -0.2) is 9.59 Å². The van der Waals surface area contributed by atoms with Crippen LogP contribution in [0.15, 0.2) is 36.4 Å². The quantitative estimate of drug-likeness (QED) is 0.762. The summed E-state index contributed by atoms with van der Waals surface area (Å²) in [4.78, 5) is 23.8. The first-order valence-corrected chi connectivity index (χ1v) is 9.07. The van der Waals surface area contributed by atoms with Crippen LogP contribution < -0.4 is 10.1 Å². The van der Waals surface area contributed by atoms with Crippen LogP contribution in [0.1, 0.15) is 39.7 Å². The molecular formula is C21H27NO5. The molecule has 0 heterocycles. The molecule has 2 N–H and O–H groups in total. The Balaban J connectivity index is 2.34. The predicted molar refractivity (Wildman–Crippen MR) is 104 cm³/mol. The van der Waals surface area contributed by atoms with Crippen LogP contribution in [-0.2, 0) is 16.0 Å². The molecule has 0 fully saturated rings. The van der Waals surface area contributed by atoms with E-state index in [4.69, 9.17) is 9.47 Å². The van der Waals surface area contributed by atoms with E-state index < -0.39 is 23.7 Å². The molecular weight excluding hydrogens is 346 g/mol. The number of hydrogen-bond acceptors (Lipinski definition) is 4. The summed E-state index contributed by atoms with van der Waals surface area (Å²) in [5.41, 5.74) is 0.0483. The zero-order valence-electron chi connectivity index (χ0n) is 16.2. The van der Waals surface area contributed by atoms with Crippen LogP contribution in [-0.4, -0.2) is 35.4 Å². The molecule has 0 saturated heterocycles. The zero-order valence-corrected chi connectivity index (χ0v) is 16.2. The summed E-state index contributed by atoms with van der Waals surface area (Å²) in [6.07, 6.45) is 0.172. The van der Waals surface area contributed by atoms with E-state index in [9.17, 15) is 14.7 Å². The molecule has 1 amide bonds. The second-order valence-corrected chi connectivity index (χ2v) is 7.35. The molecule has 6 heteroatoms. The van der Waals surface area contributed by atoms with Crippen molar-refractivity contribution >= 4 is 22.8 Å². The van der Waals surface area contributed by atoms with E-state index in [-0.39, 0.29) is 6.42 Å². The van der Waals surface area contributed by atoms with E-state index in [1.54, 1.807) is 20.8 Å². The molecule has 2 rings (SSSR count). The summed E-state index contributed by atoms with van der Waals surface area (Å²) >= 11 is 0. The van der Waals surface area contributed by atoms with Gasteiger partial charge in [-0.2, -0.15) is 0 Å². The van der Waals surface area contributed by atoms with Crippen LogP contribution in [0.2, 0.25) is 0 Å². The van der Waals surface area contributed by atoms with Gasteiger partial charge in [0.15, 0.2) is 0 Å². The Hall–Kier alpha value is -2.76. The minimum absolute atomic E-state index is 0.0922. The van der Waals surface area contributed by atoms with E-state index >= 15 is 0 Å². The van der Waals surface area contributed by atoms with Crippen molar-refractivity contribution in [1.82, 2.24) is 5.32 Å². The van der Waals surface area contributed by atoms with Crippen molar-refractivity contribution in [2.45, 2.75) is 52.2 Å². The monoisotopic (exact) mass is 373 g/mol. The molecule has 27 heavy (non-hydrogen) atoms. The van der Waals surface area contributed by atoms with Gasteiger partial charge in [0.2, 0.25) is 0 Å². The number of amides is 1. The molecule has 6 nitrogen and oxygen atoms in total. The highest BCUT2D eigenvalue weighted by Gasteiger charge is 2.26.